The number of nitrogens with two attached hydrogens (primary N) is 1. The summed E-state index contributed by atoms with van der Waals surface area (Å²) in [7, 11) is 1.61. The van der Waals surface area contributed by atoms with Gasteiger partial charge in [0.05, 0.1) is 18.4 Å². The number of fused-ring (bicyclic) bond motifs is 1. The first-order chi connectivity index (χ1) is 10.2. The number of thioether (sulfide) groups is 1. The van der Waals surface area contributed by atoms with E-state index in [0.29, 0.717) is 22.0 Å². The molecule has 0 fully saturated rings. The highest BCUT2D eigenvalue weighted by Crippen LogP contribution is 2.32. The summed E-state index contributed by atoms with van der Waals surface area (Å²) in [4.78, 5) is 20.1. The molecule has 21 heavy (non-hydrogen) atoms. The lowest BCUT2D eigenvalue weighted by atomic mass is 10.3. The molecular formula is C14H13N3O2S2. The van der Waals surface area contributed by atoms with Crippen LogP contribution in [0.4, 0.5) is 5.69 Å². The number of nitrogen functional groups attached to an aromatic ring is 1. The molecule has 2 aromatic heterocycles. The third kappa shape index (κ3) is 2.88. The van der Waals surface area contributed by atoms with Crippen LogP contribution in [0.15, 0.2) is 39.3 Å². The van der Waals surface area contributed by atoms with Crippen molar-refractivity contribution in [3.05, 3.63) is 45.8 Å². The number of rotatable bonds is 4. The maximum absolute atomic E-state index is 11.9. The Kier molecular flexibility index (Phi) is 3.85. The molecule has 0 bridgehead atoms. The van der Waals surface area contributed by atoms with Gasteiger partial charge in [0, 0.05) is 16.6 Å². The fourth-order valence-electron chi connectivity index (χ4n) is 1.94. The number of hydrogen-bond acceptors (Lipinski definition) is 6. The van der Waals surface area contributed by atoms with Crippen molar-refractivity contribution in [2.75, 3.05) is 12.8 Å². The molecular weight excluding hydrogens is 306 g/mol. The van der Waals surface area contributed by atoms with Crippen molar-refractivity contribution in [2.24, 2.45) is 0 Å². The summed E-state index contributed by atoms with van der Waals surface area (Å²) in [6, 6.07) is 7.36. The Morgan fingerprint density at radius 2 is 2.29 bits per heavy atom. The molecule has 0 amide bonds. The van der Waals surface area contributed by atoms with E-state index >= 15 is 0 Å². The molecule has 108 valence electrons. The largest absolute Gasteiger partial charge is 0.496 e. The van der Waals surface area contributed by atoms with Crippen molar-refractivity contribution >= 4 is 39.0 Å². The Morgan fingerprint density at radius 3 is 3.10 bits per heavy atom. The number of nitrogens with one attached hydrogen (secondary N) is 1. The van der Waals surface area contributed by atoms with Crippen LogP contribution in [-0.4, -0.2) is 17.1 Å². The number of H-pyrrole nitrogens is 1. The summed E-state index contributed by atoms with van der Waals surface area (Å²) in [6.07, 6.45) is 0. The molecule has 2 heterocycles. The van der Waals surface area contributed by atoms with Gasteiger partial charge in [0.25, 0.3) is 5.56 Å². The first-order valence-electron chi connectivity index (χ1n) is 6.20. The van der Waals surface area contributed by atoms with Crippen LogP contribution >= 0.6 is 23.1 Å². The lowest BCUT2D eigenvalue weighted by molar-refractivity contribution is 0.405. The van der Waals surface area contributed by atoms with Crippen molar-refractivity contribution in [3.8, 4) is 5.75 Å². The average molecular weight is 319 g/mol. The summed E-state index contributed by atoms with van der Waals surface area (Å²) in [5.41, 5.74) is 7.04. The zero-order valence-electron chi connectivity index (χ0n) is 11.3. The van der Waals surface area contributed by atoms with Gasteiger partial charge in [0.15, 0.2) is 0 Å². The lowest BCUT2D eigenvalue weighted by Gasteiger charge is -2.08. The van der Waals surface area contributed by atoms with Gasteiger partial charge in [-0.25, -0.2) is 4.98 Å². The summed E-state index contributed by atoms with van der Waals surface area (Å²) in [5.74, 6) is 1.93. The monoisotopic (exact) mass is 319 g/mol. The van der Waals surface area contributed by atoms with Crippen molar-refractivity contribution in [1.29, 1.82) is 0 Å². The van der Waals surface area contributed by atoms with Crippen molar-refractivity contribution in [3.63, 3.8) is 0 Å². The predicted octanol–water partition coefficient (Wildman–Crippen LogP) is 2.87. The fourth-order valence-corrected chi connectivity index (χ4v) is 3.54. The molecule has 1 aromatic carbocycles. The molecule has 7 heteroatoms. The molecule has 5 nitrogen and oxygen atoms in total. The molecule has 0 unspecified atom stereocenters. The van der Waals surface area contributed by atoms with E-state index in [2.05, 4.69) is 9.97 Å². The highest BCUT2D eigenvalue weighted by molar-refractivity contribution is 7.98. The van der Waals surface area contributed by atoms with Gasteiger partial charge < -0.3 is 15.5 Å². The van der Waals surface area contributed by atoms with Crippen LogP contribution in [0, 0.1) is 0 Å². The van der Waals surface area contributed by atoms with Gasteiger partial charge in [0.2, 0.25) is 0 Å². The Morgan fingerprint density at radius 1 is 1.43 bits per heavy atom. The van der Waals surface area contributed by atoms with Gasteiger partial charge >= 0.3 is 0 Å². The number of aromatic nitrogens is 2. The van der Waals surface area contributed by atoms with Crippen LogP contribution in [0.5, 0.6) is 5.75 Å². The van der Waals surface area contributed by atoms with Crippen LogP contribution in [0.25, 0.3) is 10.2 Å². The minimum atomic E-state index is -0.0881. The summed E-state index contributed by atoms with van der Waals surface area (Å²) in [5, 5.41) is 1.87. The molecule has 0 radical (unpaired) electrons. The van der Waals surface area contributed by atoms with Crippen LogP contribution in [0.3, 0.4) is 0 Å². The van der Waals surface area contributed by atoms with Crippen LogP contribution < -0.4 is 16.0 Å². The van der Waals surface area contributed by atoms with E-state index in [1.54, 1.807) is 24.9 Å². The number of benzene rings is 1. The van der Waals surface area contributed by atoms with E-state index in [1.165, 1.54) is 11.3 Å². The third-order valence-corrected chi connectivity index (χ3v) is 4.88. The number of thiophene rings is 1. The Labute approximate surface area is 129 Å². The van der Waals surface area contributed by atoms with Crippen LogP contribution in [0.2, 0.25) is 0 Å². The molecule has 0 aliphatic carbocycles. The van der Waals surface area contributed by atoms with E-state index in [0.717, 1.165) is 16.2 Å². The van der Waals surface area contributed by atoms with Gasteiger partial charge in [0.1, 0.15) is 16.3 Å². The second-order valence-electron chi connectivity index (χ2n) is 4.35. The zero-order valence-corrected chi connectivity index (χ0v) is 12.9. The zero-order chi connectivity index (χ0) is 14.8. The Balaban J connectivity index is 1.85. The van der Waals surface area contributed by atoms with Crippen LogP contribution in [0.1, 0.15) is 5.82 Å². The first kappa shape index (κ1) is 14.0. The molecule has 3 rings (SSSR count). The molecule has 3 N–H and O–H groups in total. The molecule has 0 aliphatic heterocycles. The predicted molar refractivity (Wildman–Crippen MR) is 87.2 cm³/mol. The second kappa shape index (κ2) is 5.79. The summed E-state index contributed by atoms with van der Waals surface area (Å²) < 4.78 is 5.97. The van der Waals surface area contributed by atoms with E-state index in [9.17, 15) is 4.79 Å². The lowest BCUT2D eigenvalue weighted by Crippen LogP contribution is -2.09. The number of ether oxygens (including phenoxy) is 1. The average Bonchev–Trinajstić information content (AvgIpc) is 2.94. The van der Waals surface area contributed by atoms with Gasteiger partial charge in [-0.15, -0.1) is 23.1 Å². The normalized spacial score (nSPS) is 10.9. The van der Waals surface area contributed by atoms with E-state index < -0.39 is 0 Å². The maximum atomic E-state index is 11.9. The summed E-state index contributed by atoms with van der Waals surface area (Å²) in [6.45, 7) is 0. The number of hydrogen-bond donors (Lipinski definition) is 2. The van der Waals surface area contributed by atoms with E-state index in [-0.39, 0.29) is 5.56 Å². The van der Waals surface area contributed by atoms with E-state index in [4.69, 9.17) is 10.5 Å². The molecule has 0 atom stereocenters. The first-order valence-corrected chi connectivity index (χ1v) is 8.06. The Bertz CT molecular complexity index is 842. The van der Waals surface area contributed by atoms with Gasteiger partial charge in [-0.2, -0.15) is 0 Å². The Hall–Kier alpha value is -1.99. The highest BCUT2D eigenvalue weighted by Gasteiger charge is 2.08. The van der Waals surface area contributed by atoms with E-state index in [1.807, 2.05) is 23.6 Å². The minimum absolute atomic E-state index is 0.0881. The van der Waals surface area contributed by atoms with Crippen LogP contribution in [-0.2, 0) is 5.75 Å². The van der Waals surface area contributed by atoms with Gasteiger partial charge in [-0.1, -0.05) is 0 Å². The van der Waals surface area contributed by atoms with Gasteiger partial charge in [-0.3, -0.25) is 4.79 Å². The second-order valence-corrected chi connectivity index (χ2v) is 6.28. The van der Waals surface area contributed by atoms with Gasteiger partial charge in [-0.05, 0) is 23.6 Å². The molecule has 0 aliphatic rings. The number of aromatic amines is 1. The highest BCUT2D eigenvalue weighted by atomic mass is 32.2. The third-order valence-electron chi connectivity index (χ3n) is 2.92. The summed E-state index contributed by atoms with van der Waals surface area (Å²) >= 11 is 2.94. The van der Waals surface area contributed by atoms with Crippen molar-refractivity contribution in [1.82, 2.24) is 9.97 Å². The maximum Gasteiger partial charge on any atom is 0.268 e. The fraction of sp³-hybridized carbons (Fsp3) is 0.143. The van der Waals surface area contributed by atoms with Crippen molar-refractivity contribution < 1.29 is 4.74 Å². The quantitative estimate of drug-likeness (QED) is 0.571. The minimum Gasteiger partial charge on any atom is -0.496 e. The number of anilines is 1. The molecule has 3 aromatic rings. The molecule has 0 spiro atoms. The smallest absolute Gasteiger partial charge is 0.268 e. The molecule has 0 saturated heterocycles. The number of nitrogens with zero attached hydrogens (tertiary/aromatic N) is 1. The SMILES string of the molecule is COc1cc(N)ccc1SCc1nc2ccsc2c(=O)[nH]1. The topological polar surface area (TPSA) is 81.0 Å². The number of methoxy groups -OCH3 is 1. The standard InChI is InChI=1S/C14H13N3O2S2/c1-19-10-6-8(15)2-3-11(10)21-7-12-16-9-4-5-20-13(9)14(18)17-12/h2-6H,7,15H2,1H3,(H,16,17,18). The molecule has 0 saturated carbocycles. The van der Waals surface area contributed by atoms with Crippen molar-refractivity contribution in [2.45, 2.75) is 10.6 Å².